The molecule has 0 heterocycles. The lowest BCUT2D eigenvalue weighted by Crippen LogP contribution is -2.39. The fraction of sp³-hybridized carbons (Fsp3) is 1.00. The molecule has 0 aliphatic heterocycles. The predicted octanol–water partition coefficient (Wildman–Crippen LogP) is -2.56. The summed E-state index contributed by atoms with van der Waals surface area (Å²) in [6.45, 7) is -0.875. The largest absolute Gasteiger partial charge is 0.396 e. The minimum absolute atomic E-state index is 0.0156. The zero-order valence-electron chi connectivity index (χ0n) is 6.09. The predicted molar refractivity (Wildman–Crippen MR) is 36.8 cm³/mol. The van der Waals surface area contributed by atoms with Crippen LogP contribution in [0.5, 0.6) is 0 Å². The van der Waals surface area contributed by atoms with E-state index in [4.69, 9.17) is 25.5 Å². The molecule has 11 heavy (non-hydrogen) atoms. The lowest BCUT2D eigenvalue weighted by Gasteiger charge is -2.20. The maximum absolute atomic E-state index is 8.95. The van der Waals surface area contributed by atoms with Gasteiger partial charge in [0.15, 0.2) is 0 Å². The van der Waals surface area contributed by atoms with Gasteiger partial charge in [-0.3, -0.25) is 0 Å². The van der Waals surface area contributed by atoms with Crippen LogP contribution in [0.4, 0.5) is 0 Å². The first kappa shape index (κ1) is 10.8. The second-order valence-electron chi connectivity index (χ2n) is 2.32. The Morgan fingerprint density at radius 1 is 0.909 bits per heavy atom. The molecule has 0 saturated heterocycles. The van der Waals surface area contributed by atoms with Crippen LogP contribution < -0.4 is 0 Å². The Morgan fingerprint density at radius 2 is 1.45 bits per heavy atom. The van der Waals surface area contributed by atoms with Gasteiger partial charge < -0.3 is 25.5 Å². The average molecular weight is 166 g/mol. The van der Waals surface area contributed by atoms with Gasteiger partial charge in [-0.1, -0.05) is 0 Å². The van der Waals surface area contributed by atoms with Crippen molar-refractivity contribution in [3.8, 4) is 0 Å². The first-order valence-corrected chi connectivity index (χ1v) is 3.39. The van der Waals surface area contributed by atoms with Crippen molar-refractivity contribution < 1.29 is 25.5 Å². The molecule has 0 fully saturated rings. The third-order valence-electron chi connectivity index (χ3n) is 1.40. The van der Waals surface area contributed by atoms with Gasteiger partial charge in [0.25, 0.3) is 0 Å². The van der Waals surface area contributed by atoms with Crippen molar-refractivity contribution in [3.63, 3.8) is 0 Å². The zero-order chi connectivity index (χ0) is 8.85. The average Bonchev–Trinajstić information content (AvgIpc) is 2.02. The van der Waals surface area contributed by atoms with Crippen molar-refractivity contribution >= 4 is 0 Å². The van der Waals surface area contributed by atoms with Crippen LogP contribution in [0.2, 0.25) is 0 Å². The topological polar surface area (TPSA) is 101 Å². The van der Waals surface area contributed by atoms with Crippen LogP contribution in [0.15, 0.2) is 0 Å². The van der Waals surface area contributed by atoms with Gasteiger partial charge in [0, 0.05) is 6.61 Å². The summed E-state index contributed by atoms with van der Waals surface area (Å²) in [4.78, 5) is 0. The van der Waals surface area contributed by atoms with Gasteiger partial charge in [-0.05, 0) is 6.42 Å². The fourth-order valence-electron chi connectivity index (χ4n) is 0.667. The molecule has 0 amide bonds. The van der Waals surface area contributed by atoms with Crippen LogP contribution >= 0.6 is 0 Å². The normalized spacial score (nSPS) is 19.4. The number of aliphatic hydroxyl groups excluding tert-OH is 5. The molecule has 3 atom stereocenters. The second kappa shape index (κ2) is 5.45. The van der Waals surface area contributed by atoms with Crippen molar-refractivity contribution in [1.29, 1.82) is 0 Å². The molecule has 0 aliphatic rings. The summed E-state index contributed by atoms with van der Waals surface area (Å²) >= 11 is 0. The molecule has 0 radical (unpaired) electrons. The molecule has 0 aromatic heterocycles. The van der Waals surface area contributed by atoms with Gasteiger partial charge in [0.05, 0.1) is 12.7 Å². The SMILES string of the molecule is OCC[C@@H](O)[C@H](O)[C@@H](O)CO. The van der Waals surface area contributed by atoms with E-state index in [9.17, 15) is 0 Å². The van der Waals surface area contributed by atoms with E-state index in [-0.39, 0.29) is 13.0 Å². The monoisotopic (exact) mass is 166 g/mol. The van der Waals surface area contributed by atoms with Gasteiger partial charge in [-0.15, -0.1) is 0 Å². The second-order valence-corrected chi connectivity index (χ2v) is 2.32. The molecule has 68 valence electrons. The summed E-state index contributed by atoms with van der Waals surface area (Å²) in [6, 6.07) is 0. The molecule has 0 spiro atoms. The Kier molecular flexibility index (Phi) is 5.35. The highest BCUT2D eigenvalue weighted by molar-refractivity contribution is 4.73. The van der Waals surface area contributed by atoms with Crippen LogP contribution in [-0.2, 0) is 0 Å². The first-order valence-electron chi connectivity index (χ1n) is 3.39. The third-order valence-corrected chi connectivity index (χ3v) is 1.40. The summed E-state index contributed by atoms with van der Waals surface area (Å²) in [5, 5.41) is 43.3. The van der Waals surface area contributed by atoms with Crippen LogP contribution in [0.3, 0.4) is 0 Å². The molecule has 0 aromatic carbocycles. The molecule has 0 saturated carbocycles. The minimum Gasteiger partial charge on any atom is -0.396 e. The van der Waals surface area contributed by atoms with Gasteiger partial charge in [0.1, 0.15) is 12.2 Å². The number of hydrogen-bond acceptors (Lipinski definition) is 5. The van der Waals surface area contributed by atoms with Gasteiger partial charge >= 0.3 is 0 Å². The number of hydrogen-bond donors (Lipinski definition) is 5. The molecule has 0 aromatic rings. The van der Waals surface area contributed by atoms with E-state index in [0.29, 0.717) is 0 Å². The standard InChI is InChI=1S/C6H14O5/c7-2-1-4(9)6(11)5(10)3-8/h4-11H,1-3H2/t4-,5+,6+/m1/s1. The van der Waals surface area contributed by atoms with E-state index in [1.54, 1.807) is 0 Å². The van der Waals surface area contributed by atoms with Crippen LogP contribution in [0.1, 0.15) is 6.42 Å². The Balaban J connectivity index is 3.70. The Hall–Kier alpha value is -0.200. The van der Waals surface area contributed by atoms with E-state index < -0.39 is 24.9 Å². The summed E-state index contributed by atoms with van der Waals surface area (Å²) in [5.74, 6) is 0. The molecular formula is C6H14O5. The highest BCUT2D eigenvalue weighted by Gasteiger charge is 2.22. The molecular weight excluding hydrogens is 152 g/mol. The van der Waals surface area contributed by atoms with Crippen molar-refractivity contribution in [1.82, 2.24) is 0 Å². The molecule has 5 N–H and O–H groups in total. The van der Waals surface area contributed by atoms with Crippen molar-refractivity contribution in [3.05, 3.63) is 0 Å². The number of rotatable bonds is 5. The van der Waals surface area contributed by atoms with Crippen LogP contribution in [0, 0.1) is 0 Å². The maximum atomic E-state index is 8.95. The maximum Gasteiger partial charge on any atom is 0.108 e. The van der Waals surface area contributed by atoms with Crippen molar-refractivity contribution in [2.24, 2.45) is 0 Å². The third kappa shape index (κ3) is 3.64. The van der Waals surface area contributed by atoms with Crippen LogP contribution in [-0.4, -0.2) is 57.1 Å². The van der Waals surface area contributed by atoms with E-state index in [0.717, 1.165) is 0 Å². The minimum atomic E-state index is -1.40. The molecule has 0 rings (SSSR count). The Labute approximate surface area is 64.5 Å². The molecule has 0 bridgehead atoms. The van der Waals surface area contributed by atoms with E-state index in [2.05, 4.69) is 0 Å². The van der Waals surface area contributed by atoms with Gasteiger partial charge in [0.2, 0.25) is 0 Å². The van der Waals surface area contributed by atoms with Crippen LogP contribution in [0.25, 0.3) is 0 Å². The Bertz CT molecular complexity index is 97.0. The lowest BCUT2D eigenvalue weighted by molar-refractivity contribution is -0.0813. The van der Waals surface area contributed by atoms with E-state index >= 15 is 0 Å². The highest BCUT2D eigenvalue weighted by Crippen LogP contribution is 2.02. The Morgan fingerprint density at radius 3 is 1.82 bits per heavy atom. The summed E-state index contributed by atoms with van der Waals surface area (Å²) < 4.78 is 0. The first-order chi connectivity index (χ1) is 5.13. The summed E-state index contributed by atoms with van der Waals surface area (Å²) in [7, 11) is 0. The fourth-order valence-corrected chi connectivity index (χ4v) is 0.667. The quantitative estimate of drug-likeness (QED) is 0.309. The van der Waals surface area contributed by atoms with E-state index in [1.807, 2.05) is 0 Å². The zero-order valence-corrected chi connectivity index (χ0v) is 6.09. The summed E-state index contributed by atoms with van der Waals surface area (Å²) in [6.07, 6.45) is -3.95. The van der Waals surface area contributed by atoms with Crippen molar-refractivity contribution in [2.45, 2.75) is 24.7 Å². The lowest BCUT2D eigenvalue weighted by atomic mass is 10.1. The summed E-state index contributed by atoms with van der Waals surface area (Å²) in [5.41, 5.74) is 0. The highest BCUT2D eigenvalue weighted by atomic mass is 16.4. The smallest absolute Gasteiger partial charge is 0.108 e. The molecule has 0 aliphatic carbocycles. The van der Waals surface area contributed by atoms with E-state index in [1.165, 1.54) is 0 Å². The molecule has 5 nitrogen and oxygen atoms in total. The molecule has 5 heteroatoms. The molecule has 0 unspecified atom stereocenters. The van der Waals surface area contributed by atoms with Gasteiger partial charge in [-0.2, -0.15) is 0 Å². The van der Waals surface area contributed by atoms with Crippen molar-refractivity contribution in [2.75, 3.05) is 13.2 Å². The van der Waals surface area contributed by atoms with Gasteiger partial charge in [-0.25, -0.2) is 0 Å². The number of aliphatic hydroxyl groups is 5.